The number of nitrogens with one attached hydrogen (secondary N) is 2. The summed E-state index contributed by atoms with van der Waals surface area (Å²) in [6.07, 6.45) is 2.57. The van der Waals surface area contributed by atoms with E-state index in [0.717, 1.165) is 6.54 Å². The Balaban J connectivity index is 1.77. The number of hydrogen-bond acceptors (Lipinski definition) is 2. The van der Waals surface area contributed by atoms with Crippen molar-refractivity contribution in [3.63, 3.8) is 0 Å². The molecule has 0 bridgehead atoms. The Labute approximate surface area is 107 Å². The van der Waals surface area contributed by atoms with Crippen LogP contribution < -0.4 is 10.6 Å². The molecule has 1 aliphatic carbocycles. The van der Waals surface area contributed by atoms with E-state index in [1.165, 1.54) is 12.8 Å². The van der Waals surface area contributed by atoms with Crippen molar-refractivity contribution in [1.82, 2.24) is 10.6 Å². The van der Waals surface area contributed by atoms with Crippen LogP contribution in [-0.2, 0) is 6.54 Å². The molecule has 0 amide bonds. The van der Waals surface area contributed by atoms with Crippen LogP contribution in [0.1, 0.15) is 25.3 Å². The molecule has 1 unspecified atom stereocenters. The van der Waals surface area contributed by atoms with E-state index in [-0.39, 0.29) is 10.8 Å². The third kappa shape index (κ3) is 3.95. The summed E-state index contributed by atoms with van der Waals surface area (Å²) in [5, 5.41) is 6.91. The zero-order valence-corrected chi connectivity index (χ0v) is 10.7. The van der Waals surface area contributed by atoms with E-state index in [9.17, 15) is 4.39 Å². The third-order valence-corrected chi connectivity index (χ3v) is 3.25. The van der Waals surface area contributed by atoms with Gasteiger partial charge in [-0.05, 0) is 25.8 Å². The van der Waals surface area contributed by atoms with Crippen molar-refractivity contribution in [2.75, 3.05) is 6.54 Å². The molecule has 2 nitrogen and oxygen atoms in total. The van der Waals surface area contributed by atoms with Gasteiger partial charge in [0.05, 0.1) is 5.02 Å². The first-order valence-electron chi connectivity index (χ1n) is 6.06. The van der Waals surface area contributed by atoms with Gasteiger partial charge in [0.2, 0.25) is 0 Å². The summed E-state index contributed by atoms with van der Waals surface area (Å²) in [5.74, 6) is -0.316. The van der Waals surface area contributed by atoms with Gasteiger partial charge in [-0.2, -0.15) is 0 Å². The maximum absolute atomic E-state index is 13.6. The fourth-order valence-electron chi connectivity index (χ4n) is 1.67. The Kier molecular flexibility index (Phi) is 4.37. The summed E-state index contributed by atoms with van der Waals surface area (Å²) < 4.78 is 13.6. The van der Waals surface area contributed by atoms with E-state index in [0.29, 0.717) is 24.2 Å². The van der Waals surface area contributed by atoms with Gasteiger partial charge in [-0.3, -0.25) is 0 Å². The normalized spacial score (nSPS) is 17.1. The van der Waals surface area contributed by atoms with E-state index in [2.05, 4.69) is 17.6 Å². The maximum atomic E-state index is 13.6. The highest BCUT2D eigenvalue weighted by Gasteiger charge is 2.20. The zero-order chi connectivity index (χ0) is 12.3. The Morgan fingerprint density at radius 2 is 2.24 bits per heavy atom. The lowest BCUT2D eigenvalue weighted by Crippen LogP contribution is -2.36. The van der Waals surface area contributed by atoms with Crippen molar-refractivity contribution < 1.29 is 4.39 Å². The Morgan fingerprint density at radius 1 is 1.47 bits per heavy atom. The van der Waals surface area contributed by atoms with Gasteiger partial charge in [0, 0.05) is 30.7 Å². The monoisotopic (exact) mass is 256 g/mol. The van der Waals surface area contributed by atoms with Gasteiger partial charge in [-0.15, -0.1) is 0 Å². The predicted molar refractivity (Wildman–Crippen MR) is 68.7 cm³/mol. The smallest absolute Gasteiger partial charge is 0.146 e. The molecule has 1 aliphatic rings. The molecule has 0 heterocycles. The molecule has 1 aromatic rings. The SMILES string of the molecule is CC(CNC1CC1)NCc1cccc(Cl)c1F. The van der Waals surface area contributed by atoms with Crippen molar-refractivity contribution in [2.45, 2.75) is 38.4 Å². The molecule has 94 valence electrons. The van der Waals surface area contributed by atoms with Crippen LogP contribution in [0.5, 0.6) is 0 Å². The molecule has 2 rings (SSSR count). The fraction of sp³-hybridized carbons (Fsp3) is 0.538. The fourth-order valence-corrected chi connectivity index (χ4v) is 1.87. The highest BCUT2D eigenvalue weighted by Crippen LogP contribution is 2.19. The molecule has 0 radical (unpaired) electrons. The molecule has 0 aromatic heterocycles. The van der Waals surface area contributed by atoms with Crippen molar-refractivity contribution >= 4 is 11.6 Å². The zero-order valence-electron chi connectivity index (χ0n) is 9.97. The number of hydrogen-bond donors (Lipinski definition) is 2. The molecule has 1 fully saturated rings. The molecule has 2 N–H and O–H groups in total. The molecule has 0 spiro atoms. The van der Waals surface area contributed by atoms with Crippen LogP contribution in [0, 0.1) is 5.82 Å². The first-order chi connectivity index (χ1) is 8.16. The lowest BCUT2D eigenvalue weighted by atomic mass is 10.2. The summed E-state index contributed by atoms with van der Waals surface area (Å²) in [5.41, 5.74) is 0.621. The van der Waals surface area contributed by atoms with Gasteiger partial charge in [0.1, 0.15) is 5.82 Å². The van der Waals surface area contributed by atoms with Gasteiger partial charge in [-0.25, -0.2) is 4.39 Å². The molecule has 17 heavy (non-hydrogen) atoms. The Morgan fingerprint density at radius 3 is 2.94 bits per heavy atom. The summed E-state index contributed by atoms with van der Waals surface area (Å²) in [7, 11) is 0. The molecule has 4 heteroatoms. The van der Waals surface area contributed by atoms with Crippen molar-refractivity contribution in [1.29, 1.82) is 0 Å². The number of halogens is 2. The minimum absolute atomic E-state index is 0.188. The van der Waals surface area contributed by atoms with Crippen molar-refractivity contribution in [3.05, 3.63) is 34.6 Å². The second-order valence-corrected chi connectivity index (χ2v) is 5.08. The van der Waals surface area contributed by atoms with Gasteiger partial charge >= 0.3 is 0 Å². The van der Waals surface area contributed by atoms with Crippen molar-refractivity contribution in [2.24, 2.45) is 0 Å². The first kappa shape index (κ1) is 12.8. The highest BCUT2D eigenvalue weighted by molar-refractivity contribution is 6.30. The molecule has 1 saturated carbocycles. The van der Waals surface area contributed by atoms with Gasteiger partial charge in [0.25, 0.3) is 0 Å². The minimum atomic E-state index is -0.316. The van der Waals surface area contributed by atoms with Crippen LogP contribution in [0.25, 0.3) is 0 Å². The van der Waals surface area contributed by atoms with Crippen LogP contribution >= 0.6 is 11.6 Å². The van der Waals surface area contributed by atoms with Crippen LogP contribution in [0.4, 0.5) is 4.39 Å². The molecular weight excluding hydrogens is 239 g/mol. The summed E-state index contributed by atoms with van der Waals surface area (Å²) in [6.45, 7) is 3.53. The largest absolute Gasteiger partial charge is 0.312 e. The van der Waals surface area contributed by atoms with E-state index in [1.807, 2.05) is 0 Å². The van der Waals surface area contributed by atoms with Crippen LogP contribution in [0.15, 0.2) is 18.2 Å². The average Bonchev–Trinajstić information content (AvgIpc) is 3.12. The van der Waals surface area contributed by atoms with E-state index in [1.54, 1.807) is 18.2 Å². The summed E-state index contributed by atoms with van der Waals surface area (Å²) in [4.78, 5) is 0. The molecule has 0 aliphatic heterocycles. The second kappa shape index (κ2) is 5.80. The maximum Gasteiger partial charge on any atom is 0.146 e. The summed E-state index contributed by atoms with van der Waals surface area (Å²) >= 11 is 5.73. The standard InChI is InChI=1S/C13H18ClFN2/c1-9(7-17-11-5-6-11)16-8-10-3-2-4-12(14)13(10)15/h2-4,9,11,16-17H,5-8H2,1H3. The average molecular weight is 257 g/mol. The minimum Gasteiger partial charge on any atom is -0.312 e. The molecule has 1 aromatic carbocycles. The van der Waals surface area contributed by atoms with Gasteiger partial charge in [-0.1, -0.05) is 23.7 Å². The number of rotatable bonds is 6. The van der Waals surface area contributed by atoms with Gasteiger partial charge < -0.3 is 10.6 Å². The van der Waals surface area contributed by atoms with E-state index >= 15 is 0 Å². The van der Waals surface area contributed by atoms with E-state index in [4.69, 9.17) is 11.6 Å². The lowest BCUT2D eigenvalue weighted by molar-refractivity contribution is 0.490. The lowest BCUT2D eigenvalue weighted by Gasteiger charge is -2.15. The second-order valence-electron chi connectivity index (χ2n) is 4.68. The molecule has 0 saturated heterocycles. The van der Waals surface area contributed by atoms with E-state index < -0.39 is 0 Å². The number of benzene rings is 1. The third-order valence-electron chi connectivity index (χ3n) is 2.96. The highest BCUT2D eigenvalue weighted by atomic mass is 35.5. The molecular formula is C13H18ClFN2. The van der Waals surface area contributed by atoms with Gasteiger partial charge in [0.15, 0.2) is 0 Å². The Bertz CT molecular complexity index is 380. The topological polar surface area (TPSA) is 24.1 Å². The first-order valence-corrected chi connectivity index (χ1v) is 6.44. The predicted octanol–water partition coefficient (Wildman–Crippen LogP) is 2.71. The van der Waals surface area contributed by atoms with Crippen LogP contribution in [-0.4, -0.2) is 18.6 Å². The Hall–Kier alpha value is -0.640. The quantitative estimate of drug-likeness (QED) is 0.818. The van der Waals surface area contributed by atoms with Crippen LogP contribution in [0.3, 0.4) is 0 Å². The van der Waals surface area contributed by atoms with Crippen LogP contribution in [0.2, 0.25) is 5.02 Å². The molecule has 1 atom stereocenters. The summed E-state index contributed by atoms with van der Waals surface area (Å²) in [6, 6.07) is 6.14. The van der Waals surface area contributed by atoms with Crippen molar-refractivity contribution in [3.8, 4) is 0 Å².